The van der Waals surface area contributed by atoms with E-state index in [2.05, 4.69) is 16.4 Å². The number of hydrogen-bond acceptors (Lipinski definition) is 5. The van der Waals surface area contributed by atoms with Gasteiger partial charge in [-0.2, -0.15) is 4.31 Å². The van der Waals surface area contributed by atoms with Crippen LogP contribution in [-0.2, 0) is 34.1 Å². The highest BCUT2D eigenvalue weighted by atomic mass is 32.2. The van der Waals surface area contributed by atoms with E-state index in [4.69, 9.17) is 0 Å². The van der Waals surface area contributed by atoms with Gasteiger partial charge in [-0.3, -0.25) is 4.79 Å². The van der Waals surface area contributed by atoms with Gasteiger partial charge in [-0.05, 0) is 73.9 Å². The Hall–Kier alpha value is -2.29. The summed E-state index contributed by atoms with van der Waals surface area (Å²) in [5, 5.41) is 4.04. The van der Waals surface area contributed by atoms with Crippen LogP contribution in [0.1, 0.15) is 41.8 Å². The fraction of sp³-hybridized carbons (Fsp3) is 0.440. The second kappa shape index (κ2) is 9.52. The number of aromatic nitrogens is 1. The Kier molecular flexibility index (Phi) is 6.49. The highest BCUT2D eigenvalue weighted by Gasteiger charge is 2.32. The maximum atomic E-state index is 13.2. The van der Waals surface area contributed by atoms with Crippen molar-refractivity contribution in [1.29, 1.82) is 0 Å². The fourth-order valence-electron chi connectivity index (χ4n) is 4.84. The number of sulfonamides is 1. The number of amides is 1. The first kappa shape index (κ1) is 22.5. The largest absolute Gasteiger partial charge is 0.355 e. The minimum atomic E-state index is -3.52. The van der Waals surface area contributed by atoms with Crippen LogP contribution >= 0.6 is 11.3 Å². The number of hydrogen-bond donors (Lipinski definition) is 1. The summed E-state index contributed by atoms with van der Waals surface area (Å²) in [4.78, 5) is 17.7. The van der Waals surface area contributed by atoms with Crippen molar-refractivity contribution in [3.63, 3.8) is 0 Å². The van der Waals surface area contributed by atoms with Crippen LogP contribution < -0.4 is 5.32 Å². The third-order valence-electron chi connectivity index (χ3n) is 6.76. The average Bonchev–Trinajstić information content (AvgIpc) is 3.26. The molecule has 2 aromatic carbocycles. The van der Waals surface area contributed by atoms with E-state index in [0.29, 0.717) is 43.8 Å². The van der Waals surface area contributed by atoms with E-state index in [0.717, 1.165) is 34.5 Å². The number of carbonyl (C=O) groups is 1. The van der Waals surface area contributed by atoms with Crippen LogP contribution in [0.2, 0.25) is 0 Å². The molecule has 33 heavy (non-hydrogen) atoms. The summed E-state index contributed by atoms with van der Waals surface area (Å²) in [6, 6.07) is 13.6. The van der Waals surface area contributed by atoms with Crippen LogP contribution in [-0.4, -0.2) is 43.2 Å². The molecule has 8 heteroatoms. The van der Waals surface area contributed by atoms with Gasteiger partial charge in [0.25, 0.3) is 0 Å². The molecule has 174 valence electrons. The first-order chi connectivity index (χ1) is 16.0. The molecule has 1 aliphatic carbocycles. The number of aryl methyl sites for hydroxylation is 2. The van der Waals surface area contributed by atoms with Crippen LogP contribution in [0.25, 0.3) is 10.2 Å². The SMILES string of the molecule is O=C(NCCc1nc2ccccc2s1)C1CCN(S(=O)(=O)c2ccc3c(c2)CCCC3)CC1. The Morgan fingerprint density at radius 2 is 1.82 bits per heavy atom. The van der Waals surface area contributed by atoms with E-state index in [1.165, 1.54) is 17.5 Å². The summed E-state index contributed by atoms with van der Waals surface area (Å²) in [5.74, 6) is -0.128. The van der Waals surface area contributed by atoms with Crippen LogP contribution in [0.4, 0.5) is 0 Å². The van der Waals surface area contributed by atoms with Gasteiger partial charge in [-0.15, -0.1) is 11.3 Å². The number of nitrogens with one attached hydrogen (secondary N) is 1. The smallest absolute Gasteiger partial charge is 0.243 e. The quantitative estimate of drug-likeness (QED) is 0.576. The summed E-state index contributed by atoms with van der Waals surface area (Å²) < 4.78 is 29.0. The predicted octanol–water partition coefficient (Wildman–Crippen LogP) is 3.93. The number of benzene rings is 2. The van der Waals surface area contributed by atoms with Gasteiger partial charge in [-0.1, -0.05) is 18.2 Å². The maximum Gasteiger partial charge on any atom is 0.243 e. The normalized spacial score (nSPS) is 17.7. The average molecular weight is 484 g/mol. The molecule has 1 N–H and O–H groups in total. The molecule has 0 bridgehead atoms. The Morgan fingerprint density at radius 1 is 1.06 bits per heavy atom. The molecule has 1 aromatic heterocycles. The fourth-order valence-corrected chi connectivity index (χ4v) is 7.33. The molecule has 5 rings (SSSR count). The lowest BCUT2D eigenvalue weighted by molar-refractivity contribution is -0.126. The Labute approximate surface area is 199 Å². The number of thiazole rings is 1. The molecule has 2 aliphatic rings. The number of para-hydroxylation sites is 1. The summed E-state index contributed by atoms with van der Waals surface area (Å²) in [5.41, 5.74) is 3.45. The van der Waals surface area contributed by atoms with Crippen molar-refractivity contribution in [2.75, 3.05) is 19.6 Å². The summed E-state index contributed by atoms with van der Waals surface area (Å²) in [7, 11) is -3.52. The highest BCUT2D eigenvalue weighted by Crippen LogP contribution is 2.28. The summed E-state index contributed by atoms with van der Waals surface area (Å²) in [6.45, 7) is 1.32. The van der Waals surface area contributed by atoms with Crippen LogP contribution in [0.15, 0.2) is 47.4 Å². The van der Waals surface area contributed by atoms with Gasteiger partial charge in [0.15, 0.2) is 0 Å². The molecule has 0 radical (unpaired) electrons. The third kappa shape index (κ3) is 4.83. The third-order valence-corrected chi connectivity index (χ3v) is 9.75. The van der Waals surface area contributed by atoms with Crippen molar-refractivity contribution in [3.05, 3.63) is 58.6 Å². The number of rotatable bonds is 6. The zero-order chi connectivity index (χ0) is 22.8. The van der Waals surface area contributed by atoms with E-state index in [9.17, 15) is 13.2 Å². The minimum absolute atomic E-state index is 0.0157. The topological polar surface area (TPSA) is 79.4 Å². The maximum absolute atomic E-state index is 13.2. The van der Waals surface area contributed by atoms with Crippen molar-refractivity contribution in [1.82, 2.24) is 14.6 Å². The van der Waals surface area contributed by atoms with E-state index in [-0.39, 0.29) is 11.8 Å². The molecule has 6 nitrogen and oxygen atoms in total. The number of nitrogens with zero attached hydrogens (tertiary/aromatic N) is 2. The molecule has 2 heterocycles. The second-order valence-electron chi connectivity index (χ2n) is 8.93. The lowest BCUT2D eigenvalue weighted by Crippen LogP contribution is -2.43. The molecule has 0 atom stereocenters. The molecule has 0 spiro atoms. The first-order valence-corrected chi connectivity index (χ1v) is 14.0. The molecule has 3 aromatic rings. The van der Waals surface area contributed by atoms with Gasteiger partial charge in [0.1, 0.15) is 0 Å². The standard InChI is InChI=1S/C25H29N3O3S2/c29-25(26-14-11-24-27-22-7-3-4-8-23(22)32-24)19-12-15-28(16-13-19)33(30,31)21-10-9-18-5-1-2-6-20(18)17-21/h3-4,7-10,17,19H,1-2,5-6,11-16H2,(H,26,29). The molecule has 1 fully saturated rings. The van der Waals surface area contributed by atoms with Crippen LogP contribution in [0.3, 0.4) is 0 Å². The molecule has 1 saturated heterocycles. The van der Waals surface area contributed by atoms with Crippen molar-refractivity contribution in [2.45, 2.75) is 49.8 Å². The van der Waals surface area contributed by atoms with E-state index < -0.39 is 10.0 Å². The molecular weight excluding hydrogens is 454 g/mol. The first-order valence-electron chi connectivity index (χ1n) is 11.7. The van der Waals surface area contributed by atoms with Crippen LogP contribution in [0.5, 0.6) is 0 Å². The zero-order valence-electron chi connectivity index (χ0n) is 18.6. The monoisotopic (exact) mass is 483 g/mol. The van der Waals surface area contributed by atoms with E-state index in [1.54, 1.807) is 21.7 Å². The number of fused-ring (bicyclic) bond motifs is 2. The number of piperidine rings is 1. The molecule has 1 amide bonds. The lowest BCUT2D eigenvalue weighted by atomic mass is 9.92. The lowest BCUT2D eigenvalue weighted by Gasteiger charge is -2.31. The zero-order valence-corrected chi connectivity index (χ0v) is 20.3. The van der Waals surface area contributed by atoms with Gasteiger partial charge in [0.05, 0.1) is 20.1 Å². The van der Waals surface area contributed by atoms with Gasteiger partial charge in [-0.25, -0.2) is 13.4 Å². The second-order valence-corrected chi connectivity index (χ2v) is 12.0. The Balaban J connectivity index is 1.13. The molecule has 1 aliphatic heterocycles. The van der Waals surface area contributed by atoms with Gasteiger partial charge >= 0.3 is 0 Å². The number of carbonyl (C=O) groups excluding carboxylic acids is 1. The minimum Gasteiger partial charge on any atom is -0.355 e. The highest BCUT2D eigenvalue weighted by molar-refractivity contribution is 7.89. The van der Waals surface area contributed by atoms with Gasteiger partial charge < -0.3 is 5.32 Å². The van der Waals surface area contributed by atoms with Gasteiger partial charge in [0.2, 0.25) is 15.9 Å². The summed E-state index contributed by atoms with van der Waals surface area (Å²) >= 11 is 1.66. The van der Waals surface area contributed by atoms with Gasteiger partial charge in [0, 0.05) is 32.0 Å². The molecule has 0 saturated carbocycles. The van der Waals surface area contributed by atoms with Crippen molar-refractivity contribution < 1.29 is 13.2 Å². The summed E-state index contributed by atoms with van der Waals surface area (Å²) in [6.07, 6.45) is 6.10. The Bertz CT molecular complexity index is 1230. The van der Waals surface area contributed by atoms with Crippen molar-refractivity contribution in [2.24, 2.45) is 5.92 Å². The molecular formula is C25H29N3O3S2. The van der Waals surface area contributed by atoms with E-state index >= 15 is 0 Å². The predicted molar refractivity (Wildman–Crippen MR) is 131 cm³/mol. The van der Waals surface area contributed by atoms with E-state index in [1.807, 2.05) is 30.3 Å². The van der Waals surface area contributed by atoms with Crippen LogP contribution in [0, 0.1) is 5.92 Å². The van der Waals surface area contributed by atoms with Crippen molar-refractivity contribution in [3.8, 4) is 0 Å². The van der Waals surface area contributed by atoms with Crippen molar-refractivity contribution >= 4 is 37.5 Å². The Morgan fingerprint density at radius 3 is 2.61 bits per heavy atom. The molecule has 0 unspecified atom stereocenters.